The maximum atomic E-state index is 13.2. The first-order chi connectivity index (χ1) is 13.1. The van der Waals surface area contributed by atoms with Crippen LogP contribution in [0.25, 0.3) is 0 Å². The van der Waals surface area contributed by atoms with Crippen LogP contribution in [-0.2, 0) is 19.1 Å². The third-order valence-electron chi connectivity index (χ3n) is 4.33. The van der Waals surface area contributed by atoms with Crippen molar-refractivity contribution in [3.8, 4) is 0 Å². The van der Waals surface area contributed by atoms with Gasteiger partial charge in [-0.15, -0.1) is 0 Å². The van der Waals surface area contributed by atoms with E-state index in [0.717, 1.165) is 5.01 Å². The lowest BCUT2D eigenvalue weighted by Gasteiger charge is -2.27. The summed E-state index contributed by atoms with van der Waals surface area (Å²) in [6, 6.07) is 9.02. The van der Waals surface area contributed by atoms with E-state index in [1.807, 2.05) is 18.2 Å². The normalized spacial score (nSPS) is 20.0. The molecule has 1 saturated carbocycles. The zero-order chi connectivity index (χ0) is 20.9. The van der Waals surface area contributed by atoms with Crippen LogP contribution < -0.4 is 0 Å². The Morgan fingerprint density at radius 1 is 1.18 bits per heavy atom. The summed E-state index contributed by atoms with van der Waals surface area (Å²) in [4.78, 5) is 38.0. The van der Waals surface area contributed by atoms with Crippen LogP contribution in [0.3, 0.4) is 0 Å². The molecule has 1 amide bonds. The topological polar surface area (TPSA) is 85.3 Å². The molecule has 1 aliphatic rings. The molecule has 2 atom stereocenters. The summed E-state index contributed by atoms with van der Waals surface area (Å²) >= 11 is 0. The molecule has 0 aliphatic heterocycles. The second kappa shape index (κ2) is 9.10. The van der Waals surface area contributed by atoms with E-state index in [-0.39, 0.29) is 11.6 Å². The number of methoxy groups -OCH3 is 1. The van der Waals surface area contributed by atoms with Gasteiger partial charge in [-0.05, 0) is 39.2 Å². The number of ether oxygens (including phenoxy) is 2. The number of benzene rings is 1. The minimum atomic E-state index is -1.02. The Balaban J connectivity index is 2.29. The van der Waals surface area contributed by atoms with Crippen molar-refractivity contribution in [1.29, 1.82) is 0 Å². The zero-order valence-electron chi connectivity index (χ0n) is 17.1. The van der Waals surface area contributed by atoms with Crippen molar-refractivity contribution >= 4 is 23.4 Å². The lowest BCUT2D eigenvalue weighted by Crippen LogP contribution is -2.40. The molecular formula is C21H28N2O5. The van der Waals surface area contributed by atoms with Crippen molar-refractivity contribution in [1.82, 2.24) is 5.01 Å². The van der Waals surface area contributed by atoms with Crippen LogP contribution in [0.1, 0.15) is 51.7 Å². The molecule has 1 fully saturated rings. The van der Waals surface area contributed by atoms with E-state index >= 15 is 0 Å². The quantitative estimate of drug-likeness (QED) is 0.569. The highest BCUT2D eigenvalue weighted by atomic mass is 16.6. The van der Waals surface area contributed by atoms with Crippen LogP contribution in [0.4, 0.5) is 4.79 Å². The van der Waals surface area contributed by atoms with Gasteiger partial charge in [0.25, 0.3) is 0 Å². The minimum absolute atomic E-state index is 0.203. The van der Waals surface area contributed by atoms with Crippen LogP contribution in [0.5, 0.6) is 0 Å². The molecule has 1 aliphatic carbocycles. The standard InChI is InChI=1S/C21H28N2O5/c1-21(2,3)28-20(26)23(4)22-15-12-9-13-16(24)17(15)18(25)19(27-5)14-10-7-6-8-11-14/h6-8,10-11,17,19H,9,12-13H2,1-5H3/b22-15-. The molecule has 1 aromatic rings. The summed E-state index contributed by atoms with van der Waals surface area (Å²) in [6.07, 6.45) is -0.162. The summed E-state index contributed by atoms with van der Waals surface area (Å²) in [5, 5.41) is 5.31. The molecule has 2 unspecified atom stereocenters. The van der Waals surface area contributed by atoms with E-state index in [9.17, 15) is 14.4 Å². The van der Waals surface area contributed by atoms with Gasteiger partial charge in [-0.1, -0.05) is 30.3 Å². The molecular weight excluding hydrogens is 360 g/mol. The maximum absolute atomic E-state index is 13.2. The van der Waals surface area contributed by atoms with E-state index < -0.39 is 23.7 Å². The van der Waals surface area contributed by atoms with Crippen LogP contribution >= 0.6 is 0 Å². The number of carbonyl (C=O) groups excluding carboxylic acids is 3. The van der Waals surface area contributed by atoms with Gasteiger partial charge in [0.2, 0.25) is 0 Å². The average molecular weight is 388 g/mol. The highest BCUT2D eigenvalue weighted by Crippen LogP contribution is 2.28. The predicted molar refractivity (Wildman–Crippen MR) is 105 cm³/mol. The SMILES string of the molecule is COC(C(=O)C1C(=O)CCC/C1=N/N(C)C(=O)OC(C)(C)C)c1ccccc1. The van der Waals surface area contributed by atoms with Gasteiger partial charge in [0.1, 0.15) is 23.4 Å². The number of hydrazone groups is 1. The molecule has 1 aromatic carbocycles. The number of carbonyl (C=O) groups is 3. The second-order valence-corrected chi connectivity index (χ2v) is 7.78. The Labute approximate surface area is 165 Å². The Morgan fingerprint density at radius 2 is 1.82 bits per heavy atom. The fraction of sp³-hybridized carbons (Fsp3) is 0.524. The van der Waals surface area contributed by atoms with Gasteiger partial charge < -0.3 is 9.47 Å². The predicted octanol–water partition coefficient (Wildman–Crippen LogP) is 3.54. The molecule has 0 aromatic heterocycles. The van der Waals surface area contributed by atoms with Gasteiger partial charge in [0.15, 0.2) is 5.78 Å². The summed E-state index contributed by atoms with van der Waals surface area (Å²) in [6.45, 7) is 5.27. The molecule has 7 heteroatoms. The molecule has 0 radical (unpaired) electrons. The van der Waals surface area contributed by atoms with Crippen molar-refractivity contribution in [3.05, 3.63) is 35.9 Å². The van der Waals surface area contributed by atoms with Gasteiger partial charge in [-0.2, -0.15) is 5.10 Å². The van der Waals surface area contributed by atoms with Crippen molar-refractivity contribution in [2.75, 3.05) is 14.2 Å². The van der Waals surface area contributed by atoms with Gasteiger partial charge in [-0.25, -0.2) is 9.80 Å². The van der Waals surface area contributed by atoms with Crippen molar-refractivity contribution in [2.24, 2.45) is 11.0 Å². The second-order valence-electron chi connectivity index (χ2n) is 7.78. The molecule has 28 heavy (non-hydrogen) atoms. The lowest BCUT2D eigenvalue weighted by molar-refractivity contribution is -0.137. The van der Waals surface area contributed by atoms with Gasteiger partial charge >= 0.3 is 6.09 Å². The molecule has 152 valence electrons. The first-order valence-corrected chi connectivity index (χ1v) is 9.32. The molecule has 0 heterocycles. The lowest BCUT2D eigenvalue weighted by atomic mass is 9.80. The fourth-order valence-corrected chi connectivity index (χ4v) is 3.11. The zero-order valence-corrected chi connectivity index (χ0v) is 17.1. The minimum Gasteiger partial charge on any atom is -0.442 e. The first-order valence-electron chi connectivity index (χ1n) is 9.32. The van der Waals surface area contributed by atoms with E-state index in [1.165, 1.54) is 14.2 Å². The molecule has 0 bridgehead atoms. The number of ketones is 2. The van der Waals surface area contributed by atoms with Crippen molar-refractivity contribution < 1.29 is 23.9 Å². The van der Waals surface area contributed by atoms with E-state index in [0.29, 0.717) is 30.5 Å². The third kappa shape index (κ3) is 5.48. The number of rotatable bonds is 5. The number of amides is 1. The molecule has 0 N–H and O–H groups in total. The first kappa shape index (κ1) is 21.8. The van der Waals surface area contributed by atoms with Gasteiger partial charge in [-0.3, -0.25) is 9.59 Å². The number of hydrogen-bond acceptors (Lipinski definition) is 6. The summed E-state index contributed by atoms with van der Waals surface area (Å²) in [5.41, 5.74) is 0.373. The Morgan fingerprint density at radius 3 is 2.39 bits per heavy atom. The van der Waals surface area contributed by atoms with Gasteiger partial charge in [0.05, 0.1) is 5.71 Å². The van der Waals surface area contributed by atoms with Crippen LogP contribution in [0, 0.1) is 5.92 Å². The Hall–Kier alpha value is -2.54. The maximum Gasteiger partial charge on any atom is 0.430 e. The molecule has 7 nitrogen and oxygen atoms in total. The largest absolute Gasteiger partial charge is 0.442 e. The van der Waals surface area contributed by atoms with Crippen LogP contribution in [0.15, 0.2) is 35.4 Å². The Bertz CT molecular complexity index is 752. The monoisotopic (exact) mass is 388 g/mol. The highest BCUT2D eigenvalue weighted by molar-refractivity contribution is 6.23. The third-order valence-corrected chi connectivity index (χ3v) is 4.33. The van der Waals surface area contributed by atoms with E-state index in [2.05, 4.69) is 5.10 Å². The smallest absolute Gasteiger partial charge is 0.430 e. The summed E-state index contributed by atoms with van der Waals surface area (Å²) in [5.74, 6) is -1.59. The van der Waals surface area contributed by atoms with Crippen LogP contribution in [-0.4, -0.2) is 48.1 Å². The summed E-state index contributed by atoms with van der Waals surface area (Å²) in [7, 11) is 2.89. The number of hydrogen-bond donors (Lipinski definition) is 0. The molecule has 0 saturated heterocycles. The number of Topliss-reactive ketones (excluding diaryl/α,β-unsaturated/α-hetero) is 2. The number of nitrogens with zero attached hydrogens (tertiary/aromatic N) is 2. The van der Waals surface area contributed by atoms with Crippen molar-refractivity contribution in [2.45, 2.75) is 51.7 Å². The molecule has 2 rings (SSSR count). The van der Waals surface area contributed by atoms with Crippen molar-refractivity contribution in [3.63, 3.8) is 0 Å². The van der Waals surface area contributed by atoms with Crippen LogP contribution in [0.2, 0.25) is 0 Å². The van der Waals surface area contributed by atoms with E-state index in [1.54, 1.807) is 32.9 Å². The Kier molecular flexibility index (Phi) is 7.07. The summed E-state index contributed by atoms with van der Waals surface area (Å²) < 4.78 is 10.7. The molecule has 0 spiro atoms. The average Bonchev–Trinajstić information content (AvgIpc) is 2.61. The van der Waals surface area contributed by atoms with Gasteiger partial charge in [0, 0.05) is 20.6 Å². The fourth-order valence-electron chi connectivity index (χ4n) is 3.11. The highest BCUT2D eigenvalue weighted by Gasteiger charge is 2.39. The van der Waals surface area contributed by atoms with E-state index in [4.69, 9.17) is 9.47 Å².